The van der Waals surface area contributed by atoms with Crippen LogP contribution in [-0.4, -0.2) is 54.4 Å². The van der Waals surface area contributed by atoms with Gasteiger partial charge in [0.25, 0.3) is 0 Å². The highest BCUT2D eigenvalue weighted by Gasteiger charge is 2.36. The maximum atomic E-state index is 12.2. The third kappa shape index (κ3) is 3.37. The zero-order valence-corrected chi connectivity index (χ0v) is 11.3. The number of carbonyl (C=O) groups is 2. The zero-order valence-electron chi connectivity index (χ0n) is 11.3. The average Bonchev–Trinajstić information content (AvgIpc) is 2.87. The number of ether oxygens (including phenoxy) is 1. The van der Waals surface area contributed by atoms with Crippen molar-refractivity contribution in [2.24, 2.45) is 11.8 Å². The fourth-order valence-electron chi connectivity index (χ4n) is 2.77. The highest BCUT2D eigenvalue weighted by molar-refractivity contribution is 5.77. The molecule has 0 aromatic carbocycles. The number of carboxylic acid groups (broad SMARTS) is 1. The van der Waals surface area contributed by atoms with Gasteiger partial charge in [0.15, 0.2) is 0 Å². The van der Waals surface area contributed by atoms with Gasteiger partial charge in [-0.3, -0.25) is 4.79 Å². The number of aliphatic carboxylic acids is 1. The first-order valence-electron chi connectivity index (χ1n) is 6.97. The number of nitrogens with zero attached hydrogens (tertiary/aromatic N) is 1. The molecule has 2 aliphatic rings. The topological polar surface area (TPSA) is 78.9 Å². The maximum absolute atomic E-state index is 12.2. The molecule has 2 fully saturated rings. The van der Waals surface area contributed by atoms with Crippen LogP contribution in [0.15, 0.2) is 0 Å². The van der Waals surface area contributed by atoms with E-state index in [1.54, 1.807) is 4.90 Å². The van der Waals surface area contributed by atoms with E-state index in [2.05, 4.69) is 12.2 Å². The molecule has 0 bridgehead atoms. The Balaban J connectivity index is 1.88. The molecule has 2 amide bonds. The zero-order chi connectivity index (χ0) is 13.8. The van der Waals surface area contributed by atoms with Crippen LogP contribution < -0.4 is 5.32 Å². The predicted octanol–water partition coefficient (Wildman–Crippen LogP) is 0.918. The molecule has 2 saturated heterocycles. The number of piperidine rings is 1. The van der Waals surface area contributed by atoms with Gasteiger partial charge in [-0.05, 0) is 18.8 Å². The third-order valence-corrected chi connectivity index (χ3v) is 4.09. The molecule has 2 N–H and O–H groups in total. The number of likely N-dealkylation sites (tertiary alicyclic amines) is 1. The molecule has 19 heavy (non-hydrogen) atoms. The van der Waals surface area contributed by atoms with E-state index in [0.717, 1.165) is 25.9 Å². The number of rotatable bonds is 3. The number of nitrogens with one attached hydrogen (secondary N) is 1. The van der Waals surface area contributed by atoms with Gasteiger partial charge in [-0.1, -0.05) is 13.3 Å². The second kappa shape index (κ2) is 6.23. The Bertz CT molecular complexity index is 348. The second-order valence-corrected chi connectivity index (χ2v) is 5.40. The van der Waals surface area contributed by atoms with E-state index in [9.17, 15) is 9.59 Å². The molecule has 2 rings (SSSR count). The molecule has 2 aliphatic heterocycles. The average molecular weight is 270 g/mol. The van der Waals surface area contributed by atoms with Crippen molar-refractivity contribution in [3.63, 3.8) is 0 Å². The number of amides is 2. The van der Waals surface area contributed by atoms with Crippen LogP contribution in [0.4, 0.5) is 4.79 Å². The summed E-state index contributed by atoms with van der Waals surface area (Å²) < 4.78 is 5.15. The van der Waals surface area contributed by atoms with Crippen LogP contribution in [0.2, 0.25) is 0 Å². The van der Waals surface area contributed by atoms with Crippen LogP contribution in [0.1, 0.15) is 26.2 Å². The van der Waals surface area contributed by atoms with E-state index in [1.165, 1.54) is 6.42 Å². The van der Waals surface area contributed by atoms with Crippen molar-refractivity contribution in [1.29, 1.82) is 0 Å². The Kier molecular flexibility index (Phi) is 4.63. The van der Waals surface area contributed by atoms with Gasteiger partial charge in [0, 0.05) is 13.1 Å². The Morgan fingerprint density at radius 2 is 2.21 bits per heavy atom. The van der Waals surface area contributed by atoms with Gasteiger partial charge in [-0.15, -0.1) is 0 Å². The number of hydrogen-bond donors (Lipinski definition) is 2. The number of hydrogen-bond acceptors (Lipinski definition) is 3. The van der Waals surface area contributed by atoms with E-state index in [4.69, 9.17) is 9.84 Å². The van der Waals surface area contributed by atoms with Crippen LogP contribution in [0.3, 0.4) is 0 Å². The quantitative estimate of drug-likeness (QED) is 0.799. The summed E-state index contributed by atoms with van der Waals surface area (Å²) in [5.41, 5.74) is 0. The Hall–Kier alpha value is -1.30. The summed E-state index contributed by atoms with van der Waals surface area (Å²) in [4.78, 5) is 25.0. The number of carbonyl (C=O) groups excluding carboxylic acids is 1. The summed E-state index contributed by atoms with van der Waals surface area (Å²) >= 11 is 0. The van der Waals surface area contributed by atoms with E-state index >= 15 is 0 Å². The van der Waals surface area contributed by atoms with E-state index in [-0.39, 0.29) is 19.2 Å². The Morgan fingerprint density at radius 1 is 1.42 bits per heavy atom. The number of urea groups is 1. The van der Waals surface area contributed by atoms with Crippen LogP contribution >= 0.6 is 0 Å². The van der Waals surface area contributed by atoms with Crippen molar-refractivity contribution in [3.8, 4) is 0 Å². The van der Waals surface area contributed by atoms with Crippen molar-refractivity contribution in [2.75, 3.05) is 26.3 Å². The highest BCUT2D eigenvalue weighted by atomic mass is 16.5. The number of carboxylic acids is 1. The van der Waals surface area contributed by atoms with Gasteiger partial charge in [-0.2, -0.15) is 0 Å². The standard InChI is InChI=1S/C13H22N2O4/c1-2-9-4-3-5-15(6-9)13(18)14-11-8-19-7-10(11)12(16)17/h9-11H,2-8H2,1H3,(H,14,18)(H,16,17). The lowest BCUT2D eigenvalue weighted by Gasteiger charge is -2.33. The molecular formula is C13H22N2O4. The minimum absolute atomic E-state index is 0.153. The molecule has 0 aromatic rings. The first kappa shape index (κ1) is 14.1. The summed E-state index contributed by atoms with van der Waals surface area (Å²) in [6, 6.07) is -0.563. The molecule has 0 aromatic heterocycles. The van der Waals surface area contributed by atoms with Gasteiger partial charge >= 0.3 is 12.0 Å². The van der Waals surface area contributed by atoms with Gasteiger partial charge in [0.2, 0.25) is 0 Å². The van der Waals surface area contributed by atoms with Crippen molar-refractivity contribution < 1.29 is 19.4 Å². The molecule has 0 radical (unpaired) electrons. The van der Waals surface area contributed by atoms with Gasteiger partial charge < -0.3 is 20.1 Å². The molecule has 3 atom stereocenters. The molecule has 6 nitrogen and oxygen atoms in total. The monoisotopic (exact) mass is 270 g/mol. The Morgan fingerprint density at radius 3 is 2.89 bits per heavy atom. The van der Waals surface area contributed by atoms with Crippen LogP contribution in [0.5, 0.6) is 0 Å². The van der Waals surface area contributed by atoms with Gasteiger partial charge in [0.05, 0.1) is 19.3 Å². The summed E-state index contributed by atoms with van der Waals surface area (Å²) in [5.74, 6) is -0.974. The van der Waals surface area contributed by atoms with E-state index < -0.39 is 17.9 Å². The fourth-order valence-corrected chi connectivity index (χ4v) is 2.77. The third-order valence-electron chi connectivity index (χ3n) is 4.09. The first-order valence-corrected chi connectivity index (χ1v) is 6.97. The lowest BCUT2D eigenvalue weighted by atomic mass is 9.96. The normalized spacial score (nSPS) is 31.2. The Labute approximate surface area is 113 Å². The van der Waals surface area contributed by atoms with Crippen molar-refractivity contribution in [1.82, 2.24) is 10.2 Å². The molecule has 0 aliphatic carbocycles. The van der Waals surface area contributed by atoms with Crippen molar-refractivity contribution in [3.05, 3.63) is 0 Å². The lowest BCUT2D eigenvalue weighted by Crippen LogP contribution is -2.51. The lowest BCUT2D eigenvalue weighted by molar-refractivity contribution is -0.142. The van der Waals surface area contributed by atoms with Crippen LogP contribution in [0.25, 0.3) is 0 Å². The summed E-state index contributed by atoms with van der Waals surface area (Å²) in [6.45, 7) is 4.13. The SMILES string of the molecule is CCC1CCCN(C(=O)NC2COCC2C(=O)O)C1. The van der Waals surface area contributed by atoms with Crippen LogP contribution in [0, 0.1) is 11.8 Å². The molecule has 3 unspecified atom stereocenters. The van der Waals surface area contributed by atoms with Gasteiger partial charge in [-0.25, -0.2) is 4.79 Å². The minimum Gasteiger partial charge on any atom is -0.481 e. The molecule has 108 valence electrons. The van der Waals surface area contributed by atoms with Gasteiger partial charge in [0.1, 0.15) is 5.92 Å². The molecule has 0 spiro atoms. The fraction of sp³-hybridized carbons (Fsp3) is 0.846. The largest absolute Gasteiger partial charge is 0.481 e. The molecular weight excluding hydrogens is 248 g/mol. The van der Waals surface area contributed by atoms with Crippen molar-refractivity contribution >= 4 is 12.0 Å². The summed E-state index contributed by atoms with van der Waals surface area (Å²) in [7, 11) is 0. The van der Waals surface area contributed by atoms with Crippen molar-refractivity contribution in [2.45, 2.75) is 32.2 Å². The highest BCUT2D eigenvalue weighted by Crippen LogP contribution is 2.20. The molecule has 2 heterocycles. The van der Waals surface area contributed by atoms with E-state index in [0.29, 0.717) is 5.92 Å². The summed E-state index contributed by atoms with van der Waals surface area (Å²) in [6.07, 6.45) is 3.27. The van der Waals surface area contributed by atoms with Crippen LogP contribution in [-0.2, 0) is 9.53 Å². The molecule has 0 saturated carbocycles. The second-order valence-electron chi connectivity index (χ2n) is 5.40. The first-order chi connectivity index (χ1) is 9.11. The minimum atomic E-state index is -0.909. The van der Waals surface area contributed by atoms with E-state index in [1.807, 2.05) is 0 Å². The molecule has 6 heteroatoms. The predicted molar refractivity (Wildman–Crippen MR) is 68.9 cm³/mol. The maximum Gasteiger partial charge on any atom is 0.317 e. The summed E-state index contributed by atoms with van der Waals surface area (Å²) in [5, 5.41) is 11.8. The smallest absolute Gasteiger partial charge is 0.317 e.